The Hall–Kier alpha value is -1.14. The summed E-state index contributed by atoms with van der Waals surface area (Å²) in [6.07, 6.45) is -3.63. The van der Waals surface area contributed by atoms with Gasteiger partial charge in [-0.25, -0.2) is 4.39 Å². The average Bonchev–Trinajstić information content (AvgIpc) is 2.32. The summed E-state index contributed by atoms with van der Waals surface area (Å²) in [5, 5.41) is 9.14. The van der Waals surface area contributed by atoms with Crippen molar-refractivity contribution in [3.63, 3.8) is 0 Å². The minimum absolute atomic E-state index is 0.0833. The lowest BCUT2D eigenvalue weighted by molar-refractivity contribution is -0.174. The van der Waals surface area contributed by atoms with E-state index in [1.54, 1.807) is 12.1 Å². The van der Waals surface area contributed by atoms with Crippen LogP contribution in [0.3, 0.4) is 0 Å². The standard InChI is InChI=1S/C13H16F4O2/c14-12-3-1-2-10(7-12)6-11(8-18)4-5-19-9-13(15,16)17/h1-3,7,11,18H,4-6,8-9H2. The van der Waals surface area contributed by atoms with Crippen molar-refractivity contribution in [1.29, 1.82) is 0 Å². The summed E-state index contributed by atoms with van der Waals surface area (Å²) in [6.45, 7) is -1.54. The van der Waals surface area contributed by atoms with Gasteiger partial charge in [-0.1, -0.05) is 12.1 Å². The fourth-order valence-electron chi connectivity index (χ4n) is 1.69. The zero-order chi connectivity index (χ0) is 14.3. The molecule has 0 aliphatic carbocycles. The van der Waals surface area contributed by atoms with Gasteiger partial charge >= 0.3 is 6.18 Å². The van der Waals surface area contributed by atoms with Crippen LogP contribution in [-0.4, -0.2) is 31.1 Å². The van der Waals surface area contributed by atoms with Gasteiger partial charge in [0, 0.05) is 13.2 Å². The van der Waals surface area contributed by atoms with E-state index in [2.05, 4.69) is 4.74 Å². The van der Waals surface area contributed by atoms with E-state index in [1.807, 2.05) is 0 Å². The van der Waals surface area contributed by atoms with E-state index in [0.717, 1.165) is 0 Å². The van der Waals surface area contributed by atoms with Crippen LogP contribution >= 0.6 is 0 Å². The predicted octanol–water partition coefficient (Wildman–Crippen LogP) is 2.95. The van der Waals surface area contributed by atoms with Crippen LogP contribution in [0.1, 0.15) is 12.0 Å². The maximum absolute atomic E-state index is 12.9. The number of benzene rings is 1. The molecule has 0 fully saturated rings. The van der Waals surface area contributed by atoms with Gasteiger partial charge in [-0.3, -0.25) is 0 Å². The number of aliphatic hydroxyl groups is 1. The number of alkyl halides is 3. The quantitative estimate of drug-likeness (QED) is 0.614. The van der Waals surface area contributed by atoms with Crippen LogP contribution in [0.15, 0.2) is 24.3 Å². The van der Waals surface area contributed by atoms with Crippen molar-refractivity contribution in [2.75, 3.05) is 19.8 Å². The summed E-state index contributed by atoms with van der Waals surface area (Å²) in [6, 6.07) is 5.92. The lowest BCUT2D eigenvalue weighted by Gasteiger charge is -2.15. The van der Waals surface area contributed by atoms with Gasteiger partial charge in [-0.05, 0) is 36.5 Å². The van der Waals surface area contributed by atoms with Gasteiger partial charge in [0.25, 0.3) is 0 Å². The molecule has 1 N–H and O–H groups in total. The summed E-state index contributed by atoms with van der Waals surface area (Å²) in [5.74, 6) is -0.613. The van der Waals surface area contributed by atoms with Crippen molar-refractivity contribution < 1.29 is 27.4 Å². The van der Waals surface area contributed by atoms with Crippen molar-refractivity contribution >= 4 is 0 Å². The van der Waals surface area contributed by atoms with E-state index >= 15 is 0 Å². The topological polar surface area (TPSA) is 29.5 Å². The highest BCUT2D eigenvalue weighted by Crippen LogP contribution is 2.16. The molecule has 1 aromatic carbocycles. The molecule has 0 bridgehead atoms. The lowest BCUT2D eigenvalue weighted by Crippen LogP contribution is -2.19. The summed E-state index contributed by atoms with van der Waals surface area (Å²) >= 11 is 0. The Morgan fingerprint density at radius 3 is 2.58 bits per heavy atom. The van der Waals surface area contributed by atoms with Crippen molar-refractivity contribution in [2.45, 2.75) is 19.0 Å². The van der Waals surface area contributed by atoms with Crippen molar-refractivity contribution in [2.24, 2.45) is 5.92 Å². The van der Waals surface area contributed by atoms with Crippen LogP contribution in [0.4, 0.5) is 17.6 Å². The Kier molecular flexibility index (Phi) is 6.24. The minimum Gasteiger partial charge on any atom is -0.396 e. The first-order valence-corrected chi connectivity index (χ1v) is 5.90. The fourth-order valence-corrected chi connectivity index (χ4v) is 1.69. The third-order valence-corrected chi connectivity index (χ3v) is 2.61. The lowest BCUT2D eigenvalue weighted by atomic mass is 9.97. The summed E-state index contributed by atoms with van der Waals surface area (Å²) in [5.41, 5.74) is 0.704. The van der Waals surface area contributed by atoms with E-state index in [4.69, 9.17) is 5.11 Å². The molecule has 108 valence electrons. The summed E-state index contributed by atoms with van der Waals surface area (Å²) < 4.78 is 52.9. The summed E-state index contributed by atoms with van der Waals surface area (Å²) in [4.78, 5) is 0. The number of aliphatic hydroxyl groups excluding tert-OH is 1. The maximum Gasteiger partial charge on any atom is 0.411 e. The SMILES string of the molecule is OCC(CCOCC(F)(F)F)Cc1cccc(F)c1. The zero-order valence-corrected chi connectivity index (χ0v) is 10.3. The maximum atomic E-state index is 12.9. The first-order chi connectivity index (χ1) is 8.90. The Morgan fingerprint density at radius 2 is 2.00 bits per heavy atom. The molecule has 0 amide bonds. The highest BCUT2D eigenvalue weighted by molar-refractivity contribution is 5.16. The van der Waals surface area contributed by atoms with Gasteiger partial charge in [0.15, 0.2) is 0 Å². The van der Waals surface area contributed by atoms with E-state index in [1.165, 1.54) is 12.1 Å². The molecule has 0 saturated carbocycles. The Bertz CT molecular complexity index is 379. The van der Waals surface area contributed by atoms with Gasteiger partial charge in [-0.2, -0.15) is 13.2 Å². The molecule has 0 saturated heterocycles. The predicted molar refractivity (Wildman–Crippen MR) is 62.2 cm³/mol. The average molecular weight is 280 g/mol. The highest BCUT2D eigenvalue weighted by atomic mass is 19.4. The first-order valence-electron chi connectivity index (χ1n) is 5.90. The molecule has 6 heteroatoms. The second kappa shape index (κ2) is 7.45. The van der Waals surface area contributed by atoms with Crippen LogP contribution in [0, 0.1) is 11.7 Å². The molecule has 1 atom stereocenters. The van der Waals surface area contributed by atoms with Gasteiger partial charge in [0.1, 0.15) is 12.4 Å². The monoisotopic (exact) mass is 280 g/mol. The minimum atomic E-state index is -4.34. The number of hydrogen-bond donors (Lipinski definition) is 1. The number of rotatable bonds is 7. The largest absolute Gasteiger partial charge is 0.411 e. The second-order valence-corrected chi connectivity index (χ2v) is 4.34. The van der Waals surface area contributed by atoms with Crippen molar-refractivity contribution in [3.8, 4) is 0 Å². The second-order valence-electron chi connectivity index (χ2n) is 4.34. The molecule has 2 nitrogen and oxygen atoms in total. The molecule has 0 radical (unpaired) electrons. The van der Waals surface area contributed by atoms with E-state index in [9.17, 15) is 17.6 Å². The van der Waals surface area contributed by atoms with Crippen LogP contribution in [0.2, 0.25) is 0 Å². The summed E-state index contributed by atoms with van der Waals surface area (Å²) in [7, 11) is 0. The molecule has 0 heterocycles. The third kappa shape index (κ3) is 7.12. The van der Waals surface area contributed by atoms with Gasteiger partial charge in [-0.15, -0.1) is 0 Å². The molecule has 1 unspecified atom stereocenters. The zero-order valence-electron chi connectivity index (χ0n) is 10.3. The van der Waals surface area contributed by atoms with Crippen molar-refractivity contribution in [3.05, 3.63) is 35.6 Å². The molecule has 0 aromatic heterocycles. The smallest absolute Gasteiger partial charge is 0.396 e. The number of ether oxygens (including phenoxy) is 1. The molecule has 1 rings (SSSR count). The molecule has 1 aromatic rings. The number of hydrogen-bond acceptors (Lipinski definition) is 2. The normalized spacial score (nSPS) is 13.5. The van der Waals surface area contributed by atoms with Gasteiger partial charge in [0.05, 0.1) is 0 Å². The molecular weight excluding hydrogens is 264 g/mol. The van der Waals surface area contributed by atoms with E-state index in [0.29, 0.717) is 18.4 Å². The van der Waals surface area contributed by atoms with Crippen LogP contribution in [0.25, 0.3) is 0 Å². The molecule has 0 spiro atoms. The van der Waals surface area contributed by atoms with Gasteiger partial charge in [0.2, 0.25) is 0 Å². The Balaban J connectivity index is 2.34. The van der Waals surface area contributed by atoms with E-state index < -0.39 is 12.8 Å². The van der Waals surface area contributed by atoms with Crippen LogP contribution < -0.4 is 0 Å². The molecule has 0 aliphatic rings. The number of halogens is 4. The van der Waals surface area contributed by atoms with Crippen molar-refractivity contribution in [1.82, 2.24) is 0 Å². The van der Waals surface area contributed by atoms with E-state index in [-0.39, 0.29) is 24.9 Å². The first kappa shape index (κ1) is 15.9. The Morgan fingerprint density at radius 1 is 1.26 bits per heavy atom. The van der Waals surface area contributed by atoms with Crippen LogP contribution in [-0.2, 0) is 11.2 Å². The molecular formula is C13H16F4O2. The van der Waals surface area contributed by atoms with Gasteiger partial charge < -0.3 is 9.84 Å². The molecule has 19 heavy (non-hydrogen) atoms. The highest BCUT2D eigenvalue weighted by Gasteiger charge is 2.27. The van der Waals surface area contributed by atoms with Crippen LogP contribution in [0.5, 0.6) is 0 Å². The third-order valence-electron chi connectivity index (χ3n) is 2.61. The fraction of sp³-hybridized carbons (Fsp3) is 0.538. The molecule has 0 aliphatic heterocycles. The Labute approximate surface area is 109 Å².